The van der Waals surface area contributed by atoms with Crippen LogP contribution in [0.2, 0.25) is 0 Å². The minimum Gasteiger partial charge on any atom is -0.493 e. The van der Waals surface area contributed by atoms with E-state index in [1.165, 1.54) is 17.4 Å². The van der Waals surface area contributed by atoms with E-state index in [1.807, 2.05) is 24.3 Å². The number of hydrogen-bond donors (Lipinski definition) is 0. The summed E-state index contributed by atoms with van der Waals surface area (Å²) in [5, 5.41) is 0. The van der Waals surface area contributed by atoms with E-state index in [0.29, 0.717) is 0 Å². The summed E-state index contributed by atoms with van der Waals surface area (Å²) < 4.78 is 5.71. The van der Waals surface area contributed by atoms with Gasteiger partial charge in [0, 0.05) is 5.92 Å². The van der Waals surface area contributed by atoms with Crippen LogP contribution in [0.4, 0.5) is 0 Å². The lowest BCUT2D eigenvalue weighted by atomic mass is 9.91. The third kappa shape index (κ3) is 2.80. The van der Waals surface area contributed by atoms with Crippen molar-refractivity contribution >= 4 is 0 Å². The largest absolute Gasteiger partial charge is 0.493 e. The fourth-order valence-corrected chi connectivity index (χ4v) is 2.16. The highest BCUT2D eigenvalue weighted by Gasteiger charge is 2.21. The van der Waals surface area contributed by atoms with Gasteiger partial charge in [0.1, 0.15) is 6.10 Å². The summed E-state index contributed by atoms with van der Waals surface area (Å²) in [6, 6.07) is 20.7. The number of hydrogen-bond acceptors (Lipinski definition) is 1. The van der Waals surface area contributed by atoms with E-state index in [0.717, 1.165) is 0 Å². The SMILES string of the molecule is C=COC(c1ccccc1)C(C)c1ccccc1. The molecule has 1 heteroatoms. The standard InChI is InChI=1S/C17H18O/c1-3-18-17(16-12-8-5-9-13-16)14(2)15-10-6-4-7-11-15/h3-14,17H,1H2,2H3. The summed E-state index contributed by atoms with van der Waals surface area (Å²) in [4.78, 5) is 0. The molecule has 0 aromatic heterocycles. The minimum absolute atomic E-state index is 0.00565. The van der Waals surface area contributed by atoms with E-state index < -0.39 is 0 Å². The van der Waals surface area contributed by atoms with Gasteiger partial charge in [-0.25, -0.2) is 0 Å². The molecule has 2 atom stereocenters. The molecule has 92 valence electrons. The summed E-state index contributed by atoms with van der Waals surface area (Å²) in [5.74, 6) is 0.284. The van der Waals surface area contributed by atoms with E-state index in [-0.39, 0.29) is 12.0 Å². The smallest absolute Gasteiger partial charge is 0.129 e. The van der Waals surface area contributed by atoms with Crippen molar-refractivity contribution in [3.05, 3.63) is 84.6 Å². The average Bonchev–Trinajstić information content (AvgIpc) is 2.46. The number of benzene rings is 2. The molecule has 1 nitrogen and oxygen atoms in total. The molecule has 0 N–H and O–H groups in total. The van der Waals surface area contributed by atoms with E-state index in [4.69, 9.17) is 4.74 Å². The lowest BCUT2D eigenvalue weighted by molar-refractivity contribution is 0.124. The Morgan fingerprint density at radius 3 is 1.89 bits per heavy atom. The molecule has 0 aliphatic rings. The van der Waals surface area contributed by atoms with Crippen molar-refractivity contribution in [2.75, 3.05) is 0 Å². The lowest BCUT2D eigenvalue weighted by Crippen LogP contribution is -2.09. The van der Waals surface area contributed by atoms with Crippen LogP contribution in [0.5, 0.6) is 0 Å². The Bertz CT molecular complexity index is 475. The second-order valence-electron chi connectivity index (χ2n) is 4.33. The van der Waals surface area contributed by atoms with Crippen molar-refractivity contribution in [1.29, 1.82) is 0 Å². The Labute approximate surface area is 109 Å². The van der Waals surface area contributed by atoms with Crippen LogP contribution in [0, 0.1) is 0 Å². The minimum atomic E-state index is 0.00565. The topological polar surface area (TPSA) is 9.23 Å². The summed E-state index contributed by atoms with van der Waals surface area (Å²) in [6.07, 6.45) is 1.53. The van der Waals surface area contributed by atoms with Gasteiger partial charge in [-0.2, -0.15) is 0 Å². The molecule has 0 radical (unpaired) electrons. The lowest BCUT2D eigenvalue weighted by Gasteiger charge is -2.24. The van der Waals surface area contributed by atoms with Gasteiger partial charge in [-0.3, -0.25) is 0 Å². The maximum atomic E-state index is 5.71. The average molecular weight is 238 g/mol. The zero-order chi connectivity index (χ0) is 12.8. The van der Waals surface area contributed by atoms with Crippen molar-refractivity contribution in [2.24, 2.45) is 0 Å². The van der Waals surface area contributed by atoms with E-state index in [9.17, 15) is 0 Å². The van der Waals surface area contributed by atoms with Crippen molar-refractivity contribution in [2.45, 2.75) is 18.9 Å². The molecule has 0 saturated carbocycles. The van der Waals surface area contributed by atoms with Crippen LogP contribution in [-0.2, 0) is 4.74 Å². The quantitative estimate of drug-likeness (QED) is 0.686. The molecule has 0 heterocycles. The van der Waals surface area contributed by atoms with Crippen LogP contribution in [0.3, 0.4) is 0 Å². The van der Waals surface area contributed by atoms with Gasteiger partial charge < -0.3 is 4.74 Å². The highest BCUT2D eigenvalue weighted by molar-refractivity contribution is 5.26. The molecular weight excluding hydrogens is 220 g/mol. The van der Waals surface area contributed by atoms with Crippen molar-refractivity contribution in [3.8, 4) is 0 Å². The first-order valence-electron chi connectivity index (χ1n) is 6.19. The van der Waals surface area contributed by atoms with Crippen molar-refractivity contribution in [1.82, 2.24) is 0 Å². The van der Waals surface area contributed by atoms with Gasteiger partial charge >= 0.3 is 0 Å². The second-order valence-corrected chi connectivity index (χ2v) is 4.33. The van der Waals surface area contributed by atoms with Crippen LogP contribution in [-0.4, -0.2) is 0 Å². The molecule has 0 aliphatic heterocycles. The zero-order valence-corrected chi connectivity index (χ0v) is 10.6. The molecule has 0 fully saturated rings. The van der Waals surface area contributed by atoms with Crippen molar-refractivity contribution < 1.29 is 4.74 Å². The predicted molar refractivity (Wildman–Crippen MR) is 75.3 cm³/mol. The number of rotatable bonds is 5. The Balaban J connectivity index is 2.28. The normalized spacial score (nSPS) is 13.6. The Kier molecular flexibility index (Phi) is 4.19. The molecular formula is C17H18O. The summed E-state index contributed by atoms with van der Waals surface area (Å²) >= 11 is 0. The monoisotopic (exact) mass is 238 g/mol. The molecule has 2 unspecified atom stereocenters. The van der Waals surface area contributed by atoms with Gasteiger partial charge in [0.05, 0.1) is 6.26 Å². The maximum Gasteiger partial charge on any atom is 0.129 e. The van der Waals surface area contributed by atoms with Crippen LogP contribution >= 0.6 is 0 Å². The molecule has 2 aromatic carbocycles. The van der Waals surface area contributed by atoms with E-state index in [2.05, 4.69) is 49.9 Å². The van der Waals surface area contributed by atoms with Crippen LogP contribution < -0.4 is 0 Å². The first-order valence-corrected chi connectivity index (χ1v) is 6.19. The Morgan fingerprint density at radius 1 is 0.889 bits per heavy atom. The van der Waals surface area contributed by atoms with Crippen LogP contribution in [0.25, 0.3) is 0 Å². The summed E-state index contributed by atoms with van der Waals surface area (Å²) in [7, 11) is 0. The van der Waals surface area contributed by atoms with Crippen molar-refractivity contribution in [3.63, 3.8) is 0 Å². The molecule has 0 spiro atoms. The molecule has 2 rings (SSSR count). The molecule has 0 bridgehead atoms. The van der Waals surface area contributed by atoms with Gasteiger partial charge in [-0.15, -0.1) is 0 Å². The molecule has 18 heavy (non-hydrogen) atoms. The third-order valence-electron chi connectivity index (χ3n) is 3.15. The van der Waals surface area contributed by atoms with Gasteiger partial charge in [0.25, 0.3) is 0 Å². The molecule has 2 aromatic rings. The van der Waals surface area contributed by atoms with Gasteiger partial charge in [0.2, 0.25) is 0 Å². The highest BCUT2D eigenvalue weighted by Crippen LogP contribution is 2.33. The zero-order valence-electron chi connectivity index (χ0n) is 10.6. The highest BCUT2D eigenvalue weighted by atomic mass is 16.5. The van der Waals surface area contributed by atoms with Gasteiger partial charge in [0.15, 0.2) is 0 Å². The first kappa shape index (κ1) is 12.4. The van der Waals surface area contributed by atoms with Gasteiger partial charge in [-0.1, -0.05) is 74.2 Å². The number of ether oxygens (including phenoxy) is 1. The summed E-state index contributed by atoms with van der Waals surface area (Å²) in [6.45, 7) is 5.86. The third-order valence-corrected chi connectivity index (χ3v) is 3.15. The molecule has 0 saturated heterocycles. The second kappa shape index (κ2) is 6.06. The first-order chi connectivity index (χ1) is 8.83. The van der Waals surface area contributed by atoms with E-state index >= 15 is 0 Å². The fraction of sp³-hybridized carbons (Fsp3) is 0.176. The molecule has 0 aliphatic carbocycles. The summed E-state index contributed by atoms with van der Waals surface area (Å²) in [5.41, 5.74) is 2.45. The van der Waals surface area contributed by atoms with Crippen LogP contribution in [0.15, 0.2) is 73.5 Å². The predicted octanol–water partition coefficient (Wildman–Crippen LogP) is 4.69. The molecule has 0 amide bonds. The maximum absolute atomic E-state index is 5.71. The van der Waals surface area contributed by atoms with Crippen LogP contribution in [0.1, 0.15) is 30.1 Å². The fourth-order valence-electron chi connectivity index (χ4n) is 2.16. The Hall–Kier alpha value is -2.02. The van der Waals surface area contributed by atoms with E-state index in [1.54, 1.807) is 0 Å². The van der Waals surface area contributed by atoms with Gasteiger partial charge in [-0.05, 0) is 11.1 Å². The Morgan fingerprint density at radius 2 is 1.39 bits per heavy atom.